The number of halogens is 2. The quantitative estimate of drug-likeness (QED) is 0.224. The van der Waals surface area contributed by atoms with Crippen LogP contribution in [-0.2, 0) is 10.0 Å². The fraction of sp³-hybridized carbons (Fsp3) is 0.107. The molecule has 0 heterocycles. The van der Waals surface area contributed by atoms with Crippen LogP contribution in [0.25, 0.3) is 0 Å². The van der Waals surface area contributed by atoms with Crippen molar-refractivity contribution in [1.29, 1.82) is 0 Å². The Morgan fingerprint density at radius 2 is 1.61 bits per heavy atom. The molecular formula is C28H24Cl2N2O5S. The van der Waals surface area contributed by atoms with Crippen LogP contribution in [0.2, 0.25) is 10.0 Å². The molecule has 7 nitrogen and oxygen atoms in total. The van der Waals surface area contributed by atoms with Gasteiger partial charge in [0, 0.05) is 5.02 Å². The van der Waals surface area contributed by atoms with Crippen molar-refractivity contribution in [3.8, 4) is 17.2 Å². The molecule has 1 amide bonds. The lowest BCUT2D eigenvalue weighted by atomic mass is 10.1. The molecule has 2 N–H and O–H groups in total. The van der Waals surface area contributed by atoms with Crippen molar-refractivity contribution in [1.82, 2.24) is 5.32 Å². The number of ether oxygens (including phenoxy) is 2. The van der Waals surface area contributed by atoms with E-state index in [-0.39, 0.29) is 27.2 Å². The Morgan fingerprint density at radius 3 is 2.32 bits per heavy atom. The topological polar surface area (TPSA) is 93.7 Å². The molecule has 0 saturated carbocycles. The number of sulfonamides is 1. The summed E-state index contributed by atoms with van der Waals surface area (Å²) in [6.45, 7) is 1.81. The van der Waals surface area contributed by atoms with E-state index >= 15 is 0 Å². The third-order valence-electron chi connectivity index (χ3n) is 5.61. The highest BCUT2D eigenvalue weighted by molar-refractivity contribution is 7.92. The summed E-state index contributed by atoms with van der Waals surface area (Å²) in [6, 6.07) is 24.0. The summed E-state index contributed by atoms with van der Waals surface area (Å²) in [6.07, 6.45) is 0. The van der Waals surface area contributed by atoms with Gasteiger partial charge in [-0.05, 0) is 79.2 Å². The minimum Gasteiger partial charge on any atom is -0.497 e. The van der Waals surface area contributed by atoms with Gasteiger partial charge in [0.2, 0.25) is 0 Å². The van der Waals surface area contributed by atoms with Crippen molar-refractivity contribution in [2.75, 3.05) is 11.8 Å². The lowest BCUT2D eigenvalue weighted by molar-refractivity contribution is 0.0940. The van der Waals surface area contributed by atoms with Gasteiger partial charge in [-0.2, -0.15) is 0 Å². The van der Waals surface area contributed by atoms with Crippen molar-refractivity contribution < 1.29 is 22.7 Å². The van der Waals surface area contributed by atoms with Crippen LogP contribution in [0, 0.1) is 0 Å². The zero-order valence-corrected chi connectivity index (χ0v) is 22.8. The van der Waals surface area contributed by atoms with Gasteiger partial charge in [0.05, 0.1) is 34.3 Å². The first-order chi connectivity index (χ1) is 18.2. The van der Waals surface area contributed by atoms with Crippen LogP contribution >= 0.6 is 23.2 Å². The van der Waals surface area contributed by atoms with Gasteiger partial charge in [0.15, 0.2) is 0 Å². The predicted molar refractivity (Wildman–Crippen MR) is 149 cm³/mol. The Bertz CT molecular complexity index is 1560. The van der Waals surface area contributed by atoms with Crippen LogP contribution < -0.4 is 19.5 Å². The van der Waals surface area contributed by atoms with Gasteiger partial charge in [-0.1, -0.05) is 47.5 Å². The molecule has 0 aliphatic rings. The second-order valence-electron chi connectivity index (χ2n) is 8.27. The molecule has 10 heteroatoms. The number of carbonyl (C=O) groups excluding carboxylic acids is 1. The Kier molecular flexibility index (Phi) is 8.46. The van der Waals surface area contributed by atoms with Gasteiger partial charge in [-0.25, -0.2) is 8.42 Å². The molecule has 0 bridgehead atoms. The lowest BCUT2D eigenvalue weighted by Gasteiger charge is -2.18. The van der Waals surface area contributed by atoms with Crippen LogP contribution in [0.3, 0.4) is 0 Å². The zero-order chi connectivity index (χ0) is 27.3. The standard InChI is InChI=1S/C28H24Cl2N2O5S/c1-18(19-6-5-7-22(16-19)36-2)31-28(33)24-17-20(29)10-15-26(24)32-38(34,35)23-13-11-21(12-14-23)37-27-9-4-3-8-25(27)30/h3-18,32H,1-2H3,(H,31,33)/t18-/m0/s1. The van der Waals surface area contributed by atoms with Crippen LogP contribution in [0.1, 0.15) is 28.9 Å². The lowest BCUT2D eigenvalue weighted by Crippen LogP contribution is -2.28. The summed E-state index contributed by atoms with van der Waals surface area (Å²) in [5.41, 5.74) is 0.983. The van der Waals surface area contributed by atoms with Crippen LogP contribution in [0.4, 0.5) is 5.69 Å². The minimum absolute atomic E-state index is 0.0185. The smallest absolute Gasteiger partial charge is 0.261 e. The number of anilines is 1. The van der Waals surface area contributed by atoms with Crippen molar-refractivity contribution >= 4 is 44.8 Å². The molecule has 0 fully saturated rings. The highest BCUT2D eigenvalue weighted by atomic mass is 35.5. The average molecular weight is 571 g/mol. The summed E-state index contributed by atoms with van der Waals surface area (Å²) in [5.74, 6) is 1.02. The molecule has 0 saturated heterocycles. The molecule has 196 valence electrons. The van der Waals surface area contributed by atoms with Crippen molar-refractivity contribution in [2.24, 2.45) is 0 Å². The number of para-hydroxylation sites is 1. The van der Waals surface area contributed by atoms with Gasteiger partial charge in [0.25, 0.3) is 15.9 Å². The van der Waals surface area contributed by atoms with Gasteiger partial charge in [-0.3, -0.25) is 9.52 Å². The van der Waals surface area contributed by atoms with Crippen LogP contribution in [0.15, 0.2) is 95.9 Å². The third-order valence-corrected chi connectivity index (χ3v) is 7.54. The molecule has 0 aliphatic carbocycles. The first kappa shape index (κ1) is 27.3. The van der Waals surface area contributed by atoms with E-state index in [1.807, 2.05) is 25.1 Å². The molecule has 4 aromatic rings. The first-order valence-electron chi connectivity index (χ1n) is 11.5. The van der Waals surface area contributed by atoms with E-state index in [2.05, 4.69) is 10.0 Å². The SMILES string of the molecule is COc1cccc([C@H](C)NC(=O)c2cc(Cl)ccc2NS(=O)(=O)c2ccc(Oc3ccccc3Cl)cc2)c1. The molecule has 0 aromatic heterocycles. The number of methoxy groups -OCH3 is 1. The van der Waals surface area contributed by atoms with Gasteiger partial charge < -0.3 is 14.8 Å². The third kappa shape index (κ3) is 6.58. The number of hydrogen-bond acceptors (Lipinski definition) is 5. The molecule has 0 aliphatic heterocycles. The van der Waals surface area contributed by atoms with Crippen molar-refractivity contribution in [3.63, 3.8) is 0 Å². The largest absolute Gasteiger partial charge is 0.497 e. The molecule has 38 heavy (non-hydrogen) atoms. The summed E-state index contributed by atoms with van der Waals surface area (Å²) in [4.78, 5) is 13.1. The van der Waals surface area contributed by atoms with Gasteiger partial charge in [-0.15, -0.1) is 0 Å². The number of hydrogen-bond donors (Lipinski definition) is 2. The molecule has 4 aromatic carbocycles. The maximum Gasteiger partial charge on any atom is 0.261 e. The number of nitrogens with one attached hydrogen (secondary N) is 2. The number of carbonyl (C=O) groups is 1. The molecular weight excluding hydrogens is 547 g/mol. The minimum atomic E-state index is -4.04. The monoisotopic (exact) mass is 570 g/mol. The molecule has 4 rings (SSSR count). The molecule has 0 radical (unpaired) electrons. The zero-order valence-electron chi connectivity index (χ0n) is 20.4. The van der Waals surface area contributed by atoms with Crippen LogP contribution in [-0.4, -0.2) is 21.4 Å². The highest BCUT2D eigenvalue weighted by Gasteiger charge is 2.21. The van der Waals surface area contributed by atoms with E-state index < -0.39 is 15.9 Å². The Balaban J connectivity index is 1.52. The maximum atomic E-state index is 13.2. The Morgan fingerprint density at radius 1 is 0.868 bits per heavy atom. The van der Waals surface area contributed by atoms with E-state index in [0.29, 0.717) is 22.3 Å². The van der Waals surface area contributed by atoms with E-state index in [9.17, 15) is 13.2 Å². The first-order valence-corrected chi connectivity index (χ1v) is 13.7. The second kappa shape index (κ2) is 11.8. The normalized spacial score (nSPS) is 11.9. The Labute approximate surface area is 231 Å². The van der Waals surface area contributed by atoms with E-state index in [1.165, 1.54) is 42.5 Å². The van der Waals surface area contributed by atoms with Crippen molar-refractivity contribution in [2.45, 2.75) is 17.9 Å². The van der Waals surface area contributed by atoms with E-state index in [4.69, 9.17) is 32.7 Å². The molecule has 1 atom stereocenters. The Hall–Kier alpha value is -3.72. The van der Waals surface area contributed by atoms with Gasteiger partial charge >= 0.3 is 0 Å². The second-order valence-corrected chi connectivity index (χ2v) is 10.8. The number of amides is 1. The fourth-order valence-corrected chi connectivity index (χ4v) is 5.03. The van der Waals surface area contributed by atoms with E-state index in [1.54, 1.807) is 37.4 Å². The summed E-state index contributed by atoms with van der Waals surface area (Å²) in [5, 5.41) is 3.59. The van der Waals surface area contributed by atoms with Crippen molar-refractivity contribution in [3.05, 3.63) is 112 Å². The van der Waals surface area contributed by atoms with Crippen LogP contribution in [0.5, 0.6) is 17.2 Å². The summed E-state index contributed by atoms with van der Waals surface area (Å²) in [7, 11) is -2.48. The van der Waals surface area contributed by atoms with E-state index in [0.717, 1.165) is 5.56 Å². The molecule has 0 unspecified atom stereocenters. The average Bonchev–Trinajstić information content (AvgIpc) is 2.91. The maximum absolute atomic E-state index is 13.2. The fourth-order valence-electron chi connectivity index (χ4n) is 3.61. The number of benzene rings is 4. The number of rotatable bonds is 9. The summed E-state index contributed by atoms with van der Waals surface area (Å²) < 4.78 is 39.8. The molecule has 0 spiro atoms. The highest BCUT2D eigenvalue weighted by Crippen LogP contribution is 2.30. The van der Waals surface area contributed by atoms with Gasteiger partial charge in [0.1, 0.15) is 17.2 Å². The predicted octanol–water partition coefficient (Wildman–Crippen LogP) is 7.09. The summed E-state index contributed by atoms with van der Waals surface area (Å²) >= 11 is 12.3.